The third kappa shape index (κ3) is 2.21. The Hall–Kier alpha value is -0.0900. The van der Waals surface area contributed by atoms with E-state index in [2.05, 4.69) is 29.8 Å². The van der Waals surface area contributed by atoms with Gasteiger partial charge in [0.25, 0.3) is 0 Å². The molecule has 3 nitrogen and oxygen atoms in total. The van der Waals surface area contributed by atoms with Gasteiger partial charge in [-0.2, -0.15) is 0 Å². The maximum atomic E-state index is 12.3. The number of ether oxygens (including phenoxy) is 1. The van der Waals surface area contributed by atoms with Crippen molar-refractivity contribution in [2.45, 2.75) is 93.4 Å². The minimum Gasteiger partial charge on any atom is -0.458 e. The number of Topliss-reactive ketones (excluding diaryl/α,β-unsaturated/α-hetero) is 1. The fourth-order valence-corrected chi connectivity index (χ4v) is 9.80. The normalized spacial score (nSPS) is 57.2. The van der Waals surface area contributed by atoms with Crippen LogP contribution in [0.5, 0.6) is 0 Å². The first-order valence-corrected chi connectivity index (χ1v) is 11.9. The molecule has 1 aliphatic heterocycles. The third-order valence-corrected chi connectivity index (χ3v) is 12.4. The lowest BCUT2D eigenvalue weighted by Crippen LogP contribution is -2.65. The summed E-state index contributed by atoms with van der Waals surface area (Å²) in [5, 5.41) is -0.0157. The predicted octanol–water partition coefficient (Wildman–Crippen LogP) is 5.41. The number of hydrogen-bond donors (Lipinski definition) is 0. The minimum atomic E-state index is -0.262. The smallest absolute Gasteiger partial charge is 0.306 e. The van der Waals surface area contributed by atoms with Crippen molar-refractivity contribution >= 4 is 39.3 Å². The van der Waals surface area contributed by atoms with Crippen LogP contribution in [0.3, 0.4) is 0 Å². The van der Waals surface area contributed by atoms with Gasteiger partial charge in [-0.15, -0.1) is 11.6 Å². The van der Waals surface area contributed by atoms with E-state index < -0.39 is 0 Å². The Morgan fingerprint density at radius 3 is 2.41 bits per heavy atom. The Balaban J connectivity index is 1.51. The summed E-state index contributed by atoms with van der Waals surface area (Å²) in [4.78, 5) is 24.3. The van der Waals surface area contributed by atoms with Gasteiger partial charge in [0.2, 0.25) is 0 Å². The van der Waals surface area contributed by atoms with E-state index in [4.69, 9.17) is 16.3 Å². The molecule has 0 N–H and O–H groups in total. The molecule has 5 rings (SSSR count). The van der Waals surface area contributed by atoms with Crippen LogP contribution in [-0.4, -0.2) is 27.1 Å². The molecule has 4 aliphatic carbocycles. The summed E-state index contributed by atoms with van der Waals surface area (Å²) in [6.07, 6.45) is 9.14. The van der Waals surface area contributed by atoms with E-state index in [-0.39, 0.29) is 32.1 Å². The van der Waals surface area contributed by atoms with E-state index in [1.54, 1.807) is 0 Å². The average molecular weight is 458 g/mol. The van der Waals surface area contributed by atoms with Gasteiger partial charge >= 0.3 is 5.97 Å². The van der Waals surface area contributed by atoms with Gasteiger partial charge in [0.1, 0.15) is 11.4 Å². The zero-order valence-electron chi connectivity index (χ0n) is 16.4. The molecule has 0 unspecified atom stereocenters. The Labute approximate surface area is 175 Å². The molecule has 0 aromatic rings. The van der Waals surface area contributed by atoms with E-state index in [1.165, 1.54) is 6.42 Å². The maximum absolute atomic E-state index is 12.3. The number of esters is 1. The molecule has 0 aromatic carbocycles. The molecule has 8 atom stereocenters. The van der Waals surface area contributed by atoms with E-state index in [0.717, 1.165) is 38.5 Å². The quantitative estimate of drug-likeness (QED) is 0.361. The predicted molar refractivity (Wildman–Crippen MR) is 108 cm³/mol. The standard InChI is InChI=1S/C22H30BrClO3/c1-19-8-4-16-14(15(19)5-9-21(19)10-6-18(26)27-21)11-17(24)22(23)12-13(25)3-7-20(16,22)2/h14-17H,3-12H2,1-2H3/t14-,15-,16-,17+,19-,20+,21-,22-/m0/s1. The first-order chi connectivity index (χ1) is 12.7. The number of carbonyl (C=O) groups is 2. The summed E-state index contributed by atoms with van der Waals surface area (Å²) >= 11 is 11.1. The summed E-state index contributed by atoms with van der Waals surface area (Å²) in [7, 11) is 0. The van der Waals surface area contributed by atoms with E-state index in [1.807, 2.05) is 0 Å². The van der Waals surface area contributed by atoms with Crippen LogP contribution in [0.4, 0.5) is 0 Å². The molecule has 1 saturated heterocycles. The van der Waals surface area contributed by atoms with Gasteiger partial charge in [-0.3, -0.25) is 9.59 Å². The van der Waals surface area contributed by atoms with Crippen LogP contribution in [0.15, 0.2) is 0 Å². The number of ketones is 1. The largest absolute Gasteiger partial charge is 0.458 e. The molecule has 27 heavy (non-hydrogen) atoms. The number of hydrogen-bond acceptors (Lipinski definition) is 3. The highest BCUT2D eigenvalue weighted by atomic mass is 79.9. The number of halogens is 2. The summed E-state index contributed by atoms with van der Waals surface area (Å²) in [6.45, 7) is 4.79. The molecule has 5 fully saturated rings. The monoisotopic (exact) mass is 456 g/mol. The summed E-state index contributed by atoms with van der Waals surface area (Å²) in [5.41, 5.74) is -0.0717. The van der Waals surface area contributed by atoms with Crippen molar-refractivity contribution in [2.24, 2.45) is 28.6 Å². The summed E-state index contributed by atoms with van der Waals surface area (Å²) in [5.74, 6) is 2.11. The van der Waals surface area contributed by atoms with Crippen LogP contribution >= 0.6 is 27.5 Å². The Morgan fingerprint density at radius 2 is 1.70 bits per heavy atom. The Kier molecular flexibility index (Phi) is 4.02. The van der Waals surface area contributed by atoms with Crippen LogP contribution < -0.4 is 0 Å². The van der Waals surface area contributed by atoms with Crippen LogP contribution in [-0.2, 0) is 14.3 Å². The molecule has 0 bridgehead atoms. The number of alkyl halides is 2. The Bertz CT molecular complexity index is 712. The molecular weight excluding hydrogens is 428 g/mol. The molecule has 0 aromatic heterocycles. The fourth-order valence-electron chi connectivity index (χ4n) is 8.27. The van der Waals surface area contributed by atoms with Crippen molar-refractivity contribution < 1.29 is 14.3 Å². The lowest BCUT2D eigenvalue weighted by molar-refractivity contribution is -0.172. The Morgan fingerprint density at radius 1 is 1.00 bits per heavy atom. The van der Waals surface area contributed by atoms with Gasteiger partial charge in [-0.05, 0) is 68.1 Å². The van der Waals surface area contributed by atoms with Crippen molar-refractivity contribution in [3.8, 4) is 0 Å². The van der Waals surface area contributed by atoms with Crippen molar-refractivity contribution in [1.29, 1.82) is 0 Å². The van der Waals surface area contributed by atoms with Crippen LogP contribution in [0.25, 0.3) is 0 Å². The van der Waals surface area contributed by atoms with Crippen molar-refractivity contribution in [2.75, 3.05) is 0 Å². The van der Waals surface area contributed by atoms with Crippen LogP contribution in [0, 0.1) is 28.6 Å². The SMILES string of the molecule is C[C@]12CC[C@H]3[C@@H](C[C@@H](Cl)[C@@]4(Br)CC(=O)CC[C@]34C)[C@@H]1CC[C@]21CCC(=O)O1. The van der Waals surface area contributed by atoms with Crippen molar-refractivity contribution in [3.05, 3.63) is 0 Å². The highest BCUT2D eigenvalue weighted by Crippen LogP contribution is 2.72. The molecule has 5 heteroatoms. The number of rotatable bonds is 0. The summed E-state index contributed by atoms with van der Waals surface area (Å²) in [6, 6.07) is 0. The molecule has 5 aliphatic rings. The van der Waals surface area contributed by atoms with Gasteiger partial charge in [-0.25, -0.2) is 0 Å². The second kappa shape index (κ2) is 5.74. The van der Waals surface area contributed by atoms with Crippen molar-refractivity contribution in [1.82, 2.24) is 0 Å². The lowest BCUT2D eigenvalue weighted by Gasteiger charge is -2.65. The van der Waals surface area contributed by atoms with Gasteiger partial charge in [-0.1, -0.05) is 29.8 Å². The first-order valence-electron chi connectivity index (χ1n) is 10.7. The van der Waals surface area contributed by atoms with E-state index >= 15 is 0 Å². The molecule has 0 radical (unpaired) electrons. The highest BCUT2D eigenvalue weighted by molar-refractivity contribution is 9.10. The van der Waals surface area contributed by atoms with Gasteiger partial charge < -0.3 is 4.74 Å². The van der Waals surface area contributed by atoms with Crippen molar-refractivity contribution in [3.63, 3.8) is 0 Å². The molecular formula is C22H30BrClO3. The van der Waals surface area contributed by atoms with E-state index in [9.17, 15) is 9.59 Å². The maximum Gasteiger partial charge on any atom is 0.306 e. The van der Waals surface area contributed by atoms with Crippen LogP contribution in [0.2, 0.25) is 0 Å². The highest BCUT2D eigenvalue weighted by Gasteiger charge is 2.70. The molecule has 1 heterocycles. The second-order valence-electron chi connectivity index (χ2n) is 10.5. The molecule has 4 saturated carbocycles. The minimum absolute atomic E-state index is 0.00454. The molecule has 1 spiro atoms. The summed E-state index contributed by atoms with van der Waals surface area (Å²) < 4.78 is 5.77. The third-order valence-electron chi connectivity index (χ3n) is 9.89. The first kappa shape index (κ1) is 18.9. The van der Waals surface area contributed by atoms with Gasteiger partial charge in [0, 0.05) is 24.7 Å². The number of fused-ring (bicyclic) bond motifs is 6. The zero-order chi connectivity index (χ0) is 19.2. The topological polar surface area (TPSA) is 43.4 Å². The molecule has 150 valence electrons. The van der Waals surface area contributed by atoms with Crippen LogP contribution in [0.1, 0.15) is 78.1 Å². The average Bonchev–Trinajstić information content (AvgIpc) is 3.12. The fraction of sp³-hybridized carbons (Fsp3) is 0.909. The lowest BCUT2D eigenvalue weighted by atomic mass is 9.44. The van der Waals surface area contributed by atoms with Gasteiger partial charge in [0.15, 0.2) is 0 Å². The zero-order valence-corrected chi connectivity index (χ0v) is 18.7. The molecule has 0 amide bonds. The number of carbonyl (C=O) groups excluding carboxylic acids is 2. The second-order valence-corrected chi connectivity index (χ2v) is 12.5. The van der Waals surface area contributed by atoms with E-state index in [0.29, 0.717) is 42.8 Å². The van der Waals surface area contributed by atoms with Gasteiger partial charge in [0.05, 0.1) is 9.70 Å².